The summed E-state index contributed by atoms with van der Waals surface area (Å²) in [5, 5.41) is 3.28. The smallest absolute Gasteiger partial charge is 0.251 e. The Bertz CT molecular complexity index is 595. The lowest BCUT2D eigenvalue weighted by Crippen LogP contribution is -3.21. The second kappa shape index (κ2) is 8.30. The first kappa shape index (κ1) is 19.0. The van der Waals surface area contributed by atoms with Gasteiger partial charge in [0, 0.05) is 36.4 Å². The van der Waals surface area contributed by atoms with Crippen molar-refractivity contribution in [2.45, 2.75) is 64.1 Å². The number of methoxy groups -OCH3 is 2. The molecular weight excluding hydrogens is 328 g/mol. The summed E-state index contributed by atoms with van der Waals surface area (Å²) in [6.45, 7) is 5.88. The number of carbonyl (C=O) groups excluding carboxylic acids is 1. The first-order valence-corrected chi connectivity index (χ1v) is 9.89. The average molecular weight is 362 g/mol. The molecule has 1 aromatic carbocycles. The van der Waals surface area contributed by atoms with Gasteiger partial charge in [-0.25, -0.2) is 0 Å². The van der Waals surface area contributed by atoms with Crippen LogP contribution in [-0.2, 0) is 0 Å². The van der Waals surface area contributed by atoms with Crippen molar-refractivity contribution in [3.63, 3.8) is 0 Å². The molecule has 2 fully saturated rings. The van der Waals surface area contributed by atoms with Gasteiger partial charge in [0.2, 0.25) is 0 Å². The second-order valence-electron chi connectivity index (χ2n) is 8.24. The molecule has 4 atom stereocenters. The van der Waals surface area contributed by atoms with Gasteiger partial charge in [0.25, 0.3) is 5.91 Å². The predicted octanol–water partition coefficient (Wildman–Crippen LogP) is 2.06. The highest BCUT2D eigenvalue weighted by atomic mass is 16.5. The number of amides is 1. The SMILES string of the molecule is COc1cc(OC)cc(C(=O)NC2C[C@H]3CCC[C@@H](C2)[NH+]3CC(C)C)c1. The summed E-state index contributed by atoms with van der Waals surface area (Å²) in [5.41, 5.74) is 0.600. The van der Waals surface area contributed by atoms with Crippen LogP contribution in [0.3, 0.4) is 0 Å². The number of nitrogens with one attached hydrogen (secondary N) is 2. The molecule has 2 unspecified atom stereocenters. The quantitative estimate of drug-likeness (QED) is 0.815. The van der Waals surface area contributed by atoms with E-state index in [9.17, 15) is 4.79 Å². The molecule has 1 aromatic rings. The third-order valence-electron chi connectivity index (χ3n) is 5.88. The maximum absolute atomic E-state index is 12.8. The largest absolute Gasteiger partial charge is 0.497 e. The third kappa shape index (κ3) is 4.32. The summed E-state index contributed by atoms with van der Waals surface area (Å²) < 4.78 is 10.6. The lowest BCUT2D eigenvalue weighted by Gasteiger charge is -2.46. The van der Waals surface area contributed by atoms with E-state index in [1.54, 1.807) is 37.3 Å². The second-order valence-corrected chi connectivity index (χ2v) is 8.24. The number of rotatable bonds is 6. The molecule has 0 aromatic heterocycles. The highest BCUT2D eigenvalue weighted by Gasteiger charge is 2.42. The predicted molar refractivity (Wildman–Crippen MR) is 102 cm³/mol. The van der Waals surface area contributed by atoms with Gasteiger partial charge in [-0.2, -0.15) is 0 Å². The van der Waals surface area contributed by atoms with Crippen molar-refractivity contribution < 1.29 is 19.2 Å². The number of hydrogen-bond acceptors (Lipinski definition) is 3. The molecule has 1 amide bonds. The first-order chi connectivity index (χ1) is 12.5. The zero-order valence-corrected chi connectivity index (χ0v) is 16.5. The van der Waals surface area contributed by atoms with Gasteiger partial charge in [0.1, 0.15) is 11.5 Å². The lowest BCUT2D eigenvalue weighted by atomic mass is 9.81. The number of benzene rings is 1. The maximum Gasteiger partial charge on any atom is 0.251 e. The molecule has 0 aliphatic carbocycles. The van der Waals surface area contributed by atoms with Gasteiger partial charge < -0.3 is 19.7 Å². The lowest BCUT2D eigenvalue weighted by molar-refractivity contribution is -0.963. The van der Waals surface area contributed by atoms with E-state index in [-0.39, 0.29) is 11.9 Å². The minimum atomic E-state index is -0.0300. The Kier molecular flexibility index (Phi) is 6.07. The number of fused-ring (bicyclic) bond motifs is 2. The van der Waals surface area contributed by atoms with Crippen molar-refractivity contribution in [3.8, 4) is 11.5 Å². The van der Waals surface area contributed by atoms with Gasteiger partial charge in [-0.15, -0.1) is 0 Å². The minimum Gasteiger partial charge on any atom is -0.497 e. The molecule has 0 radical (unpaired) electrons. The van der Waals surface area contributed by atoms with Crippen molar-refractivity contribution in [3.05, 3.63) is 23.8 Å². The fraction of sp³-hybridized carbons (Fsp3) is 0.667. The number of carbonyl (C=O) groups is 1. The Morgan fingerprint density at radius 2 is 1.69 bits per heavy atom. The van der Waals surface area contributed by atoms with Crippen molar-refractivity contribution in [2.24, 2.45) is 5.92 Å². The summed E-state index contributed by atoms with van der Waals surface area (Å²) in [6.07, 6.45) is 6.09. The Morgan fingerprint density at radius 3 is 2.19 bits per heavy atom. The fourth-order valence-corrected chi connectivity index (χ4v) is 4.77. The van der Waals surface area contributed by atoms with Gasteiger partial charge in [-0.3, -0.25) is 4.79 Å². The molecule has 2 aliphatic rings. The van der Waals surface area contributed by atoms with Crippen LogP contribution in [0.25, 0.3) is 0 Å². The van der Waals surface area contributed by atoms with Crippen LogP contribution in [0.5, 0.6) is 11.5 Å². The van der Waals surface area contributed by atoms with Crippen molar-refractivity contribution in [1.82, 2.24) is 5.32 Å². The average Bonchev–Trinajstić information content (AvgIpc) is 2.61. The van der Waals surface area contributed by atoms with Gasteiger partial charge >= 0.3 is 0 Å². The molecule has 2 aliphatic heterocycles. The van der Waals surface area contributed by atoms with Gasteiger partial charge in [0.05, 0.1) is 32.8 Å². The van der Waals surface area contributed by atoms with E-state index >= 15 is 0 Å². The minimum absolute atomic E-state index is 0.0300. The molecule has 144 valence electrons. The molecule has 5 heteroatoms. The van der Waals surface area contributed by atoms with Gasteiger partial charge in [-0.1, -0.05) is 13.8 Å². The zero-order valence-electron chi connectivity index (χ0n) is 16.5. The van der Waals surface area contributed by atoms with Crippen LogP contribution in [0.15, 0.2) is 18.2 Å². The summed E-state index contributed by atoms with van der Waals surface area (Å²) in [5.74, 6) is 1.98. The maximum atomic E-state index is 12.8. The van der Waals surface area contributed by atoms with E-state index < -0.39 is 0 Å². The van der Waals surface area contributed by atoms with E-state index in [0.29, 0.717) is 29.1 Å². The molecule has 0 saturated carbocycles. The number of piperidine rings is 2. The Balaban J connectivity index is 1.67. The Morgan fingerprint density at radius 1 is 1.12 bits per heavy atom. The summed E-state index contributed by atoms with van der Waals surface area (Å²) >= 11 is 0. The van der Waals surface area contributed by atoms with Crippen molar-refractivity contribution >= 4 is 5.91 Å². The Hall–Kier alpha value is -1.75. The van der Waals surface area contributed by atoms with Crippen LogP contribution >= 0.6 is 0 Å². The zero-order chi connectivity index (χ0) is 18.7. The van der Waals surface area contributed by atoms with Crippen molar-refractivity contribution in [1.29, 1.82) is 0 Å². The van der Waals surface area contributed by atoms with Crippen LogP contribution in [-0.4, -0.2) is 44.8 Å². The Labute approximate surface area is 157 Å². The van der Waals surface area contributed by atoms with E-state index in [0.717, 1.165) is 18.8 Å². The first-order valence-electron chi connectivity index (χ1n) is 9.89. The van der Waals surface area contributed by atoms with E-state index in [2.05, 4.69) is 19.2 Å². The van der Waals surface area contributed by atoms with E-state index in [1.807, 2.05) is 0 Å². The number of quaternary nitrogens is 1. The monoisotopic (exact) mass is 361 g/mol. The highest BCUT2D eigenvalue weighted by molar-refractivity contribution is 5.95. The summed E-state index contributed by atoms with van der Waals surface area (Å²) in [7, 11) is 3.20. The van der Waals surface area contributed by atoms with Crippen LogP contribution < -0.4 is 19.7 Å². The van der Waals surface area contributed by atoms with Crippen LogP contribution in [0.2, 0.25) is 0 Å². The van der Waals surface area contributed by atoms with Crippen molar-refractivity contribution in [2.75, 3.05) is 20.8 Å². The van der Waals surface area contributed by atoms with E-state index in [1.165, 1.54) is 25.8 Å². The normalized spacial score (nSPS) is 27.9. The molecule has 2 N–H and O–H groups in total. The highest BCUT2D eigenvalue weighted by Crippen LogP contribution is 2.25. The van der Waals surface area contributed by atoms with Gasteiger partial charge in [0.15, 0.2) is 0 Å². The molecule has 5 nitrogen and oxygen atoms in total. The molecular formula is C21H33N2O3+. The standard InChI is InChI=1S/C21H32N2O3/c1-14(2)13-23-17-6-5-7-18(23)11-16(10-17)22-21(24)15-8-19(25-3)12-20(9-15)26-4/h8-9,12,14,16-18H,5-7,10-11,13H2,1-4H3,(H,22,24)/p+1/t16?,17-,18+. The fourth-order valence-electron chi connectivity index (χ4n) is 4.77. The molecule has 2 saturated heterocycles. The number of ether oxygens (including phenoxy) is 2. The molecule has 0 spiro atoms. The van der Waals surface area contributed by atoms with Crippen LogP contribution in [0, 0.1) is 5.92 Å². The molecule has 26 heavy (non-hydrogen) atoms. The summed E-state index contributed by atoms with van der Waals surface area (Å²) in [6, 6.07) is 6.99. The van der Waals surface area contributed by atoms with E-state index in [4.69, 9.17) is 9.47 Å². The molecule has 2 bridgehead atoms. The van der Waals surface area contributed by atoms with Gasteiger partial charge in [-0.05, 0) is 31.4 Å². The third-order valence-corrected chi connectivity index (χ3v) is 5.88. The number of hydrogen-bond donors (Lipinski definition) is 2. The molecule has 3 rings (SSSR count). The topological polar surface area (TPSA) is 52.0 Å². The van der Waals surface area contributed by atoms with Crippen LogP contribution in [0.4, 0.5) is 0 Å². The molecule has 2 heterocycles. The van der Waals surface area contributed by atoms with Crippen LogP contribution in [0.1, 0.15) is 56.3 Å². The summed E-state index contributed by atoms with van der Waals surface area (Å²) in [4.78, 5) is 14.6.